The molecule has 1 amide bonds. The molecule has 9 heteroatoms. The molecule has 0 bridgehead atoms. The van der Waals surface area contributed by atoms with Crippen LogP contribution in [0.4, 0.5) is 11.4 Å². The fourth-order valence-corrected chi connectivity index (χ4v) is 2.74. The van der Waals surface area contributed by atoms with Crippen LogP contribution in [0, 0.1) is 10.1 Å². The second-order valence-electron chi connectivity index (χ2n) is 5.18. The molecule has 0 aliphatic rings. The van der Waals surface area contributed by atoms with Crippen molar-refractivity contribution in [1.29, 1.82) is 0 Å². The van der Waals surface area contributed by atoms with Crippen molar-refractivity contribution in [3.8, 4) is 11.5 Å². The first kappa shape index (κ1) is 19.5. The number of benzene rings is 2. The highest BCUT2D eigenvalue weighted by Gasteiger charge is 2.14. The predicted molar refractivity (Wildman–Crippen MR) is 101 cm³/mol. The van der Waals surface area contributed by atoms with Crippen LogP contribution in [0.3, 0.4) is 0 Å². The first-order valence-corrected chi connectivity index (χ1v) is 8.43. The van der Waals surface area contributed by atoms with Gasteiger partial charge in [-0.05, 0) is 40.2 Å². The number of carbonyl (C=O) groups is 1. The zero-order valence-electron chi connectivity index (χ0n) is 14.2. The number of nitro benzene ring substituents is 1. The molecule has 2 N–H and O–H groups in total. The molecule has 0 radical (unpaired) electrons. The lowest BCUT2D eigenvalue weighted by atomic mass is 10.2. The van der Waals surface area contributed by atoms with E-state index in [2.05, 4.69) is 26.6 Å². The molecule has 0 heterocycles. The number of anilines is 1. The van der Waals surface area contributed by atoms with Gasteiger partial charge >= 0.3 is 0 Å². The number of amides is 1. The number of hydrogen-bond donors (Lipinski definition) is 2. The molecule has 0 saturated carbocycles. The van der Waals surface area contributed by atoms with Crippen LogP contribution in [0.25, 0.3) is 0 Å². The van der Waals surface area contributed by atoms with Gasteiger partial charge in [0, 0.05) is 36.5 Å². The number of nitrogens with zero attached hydrogens (tertiary/aromatic N) is 1. The molecule has 8 nitrogen and oxygen atoms in total. The number of carbonyl (C=O) groups excluding carboxylic acids is 1. The molecule has 2 aromatic carbocycles. The van der Waals surface area contributed by atoms with Crippen molar-refractivity contribution >= 4 is 33.2 Å². The summed E-state index contributed by atoms with van der Waals surface area (Å²) in [6, 6.07) is 9.30. The molecule has 0 aromatic heterocycles. The predicted octanol–water partition coefficient (Wildman–Crippen LogP) is 3.22. The van der Waals surface area contributed by atoms with Crippen LogP contribution < -0.4 is 20.1 Å². The number of non-ortho nitro benzene ring substituents is 1. The molecule has 0 spiro atoms. The SMILES string of the molecule is COc1cc(C(=O)NCCNc2ccc([N+](=O)[O-])cc2)cc(OC)c1Br. The van der Waals surface area contributed by atoms with Crippen molar-refractivity contribution in [1.82, 2.24) is 5.32 Å². The molecule has 0 unspecified atom stereocenters. The maximum absolute atomic E-state index is 12.3. The van der Waals surface area contributed by atoms with Gasteiger partial charge in [0.1, 0.15) is 16.0 Å². The van der Waals surface area contributed by atoms with E-state index in [1.807, 2.05) is 0 Å². The maximum Gasteiger partial charge on any atom is 0.269 e. The molecular weight excluding hydrogens is 406 g/mol. The lowest BCUT2D eigenvalue weighted by molar-refractivity contribution is -0.384. The summed E-state index contributed by atoms with van der Waals surface area (Å²) in [4.78, 5) is 22.4. The first-order valence-electron chi connectivity index (χ1n) is 7.64. The van der Waals surface area contributed by atoms with Crippen molar-refractivity contribution in [2.45, 2.75) is 0 Å². The van der Waals surface area contributed by atoms with Crippen LogP contribution in [0.5, 0.6) is 11.5 Å². The van der Waals surface area contributed by atoms with E-state index in [-0.39, 0.29) is 11.6 Å². The molecule has 138 valence electrons. The number of nitro groups is 1. The summed E-state index contributed by atoms with van der Waals surface area (Å²) >= 11 is 3.35. The van der Waals surface area contributed by atoms with Crippen molar-refractivity contribution in [3.63, 3.8) is 0 Å². The molecule has 2 aromatic rings. The Bertz CT molecular complexity index is 770. The van der Waals surface area contributed by atoms with E-state index >= 15 is 0 Å². The number of hydrogen-bond acceptors (Lipinski definition) is 6. The number of ether oxygens (including phenoxy) is 2. The van der Waals surface area contributed by atoms with Gasteiger partial charge in [-0.2, -0.15) is 0 Å². The van der Waals surface area contributed by atoms with Gasteiger partial charge in [0.05, 0.1) is 19.1 Å². The van der Waals surface area contributed by atoms with Crippen molar-refractivity contribution in [2.24, 2.45) is 0 Å². The van der Waals surface area contributed by atoms with Crippen molar-refractivity contribution in [2.75, 3.05) is 32.6 Å². The third-order valence-electron chi connectivity index (χ3n) is 3.53. The second-order valence-corrected chi connectivity index (χ2v) is 5.97. The van der Waals surface area contributed by atoms with E-state index in [1.165, 1.54) is 26.4 Å². The number of methoxy groups -OCH3 is 2. The van der Waals surface area contributed by atoms with E-state index < -0.39 is 4.92 Å². The third kappa shape index (κ3) is 4.85. The fourth-order valence-electron chi connectivity index (χ4n) is 2.19. The zero-order chi connectivity index (χ0) is 19.1. The quantitative estimate of drug-likeness (QED) is 0.383. The summed E-state index contributed by atoms with van der Waals surface area (Å²) in [7, 11) is 3.02. The van der Waals surface area contributed by atoms with Gasteiger partial charge < -0.3 is 20.1 Å². The standard InChI is InChI=1S/C17H18BrN3O5/c1-25-14-9-11(10-15(26-2)16(14)18)17(22)20-8-7-19-12-3-5-13(6-4-12)21(23)24/h3-6,9-10,19H,7-8H2,1-2H3,(H,20,22). The summed E-state index contributed by atoms with van der Waals surface area (Å²) < 4.78 is 11.1. The lowest BCUT2D eigenvalue weighted by Gasteiger charge is -2.12. The van der Waals surface area contributed by atoms with E-state index in [0.717, 1.165) is 5.69 Å². The molecule has 0 saturated heterocycles. The molecule has 0 aliphatic carbocycles. The summed E-state index contributed by atoms with van der Waals surface area (Å²) in [5.41, 5.74) is 1.18. The maximum atomic E-state index is 12.3. The van der Waals surface area contributed by atoms with Crippen LogP contribution in [0.2, 0.25) is 0 Å². The fraction of sp³-hybridized carbons (Fsp3) is 0.235. The Labute approximate surface area is 158 Å². The number of halogens is 1. The van der Waals surface area contributed by atoms with E-state index in [0.29, 0.717) is 34.6 Å². The van der Waals surface area contributed by atoms with E-state index in [9.17, 15) is 14.9 Å². The number of nitrogens with one attached hydrogen (secondary N) is 2. The highest BCUT2D eigenvalue weighted by Crippen LogP contribution is 2.35. The average Bonchev–Trinajstić information content (AvgIpc) is 2.65. The minimum atomic E-state index is -0.454. The van der Waals surface area contributed by atoms with Crippen LogP contribution >= 0.6 is 15.9 Å². The normalized spacial score (nSPS) is 10.1. The van der Waals surface area contributed by atoms with Gasteiger partial charge in [-0.1, -0.05) is 0 Å². The topological polar surface area (TPSA) is 103 Å². The molecule has 26 heavy (non-hydrogen) atoms. The summed E-state index contributed by atoms with van der Waals surface area (Å²) in [5, 5.41) is 16.5. The van der Waals surface area contributed by atoms with Crippen LogP contribution in [0.15, 0.2) is 40.9 Å². The third-order valence-corrected chi connectivity index (χ3v) is 4.31. The highest BCUT2D eigenvalue weighted by molar-refractivity contribution is 9.10. The lowest BCUT2D eigenvalue weighted by Crippen LogP contribution is -2.28. The van der Waals surface area contributed by atoms with E-state index in [1.54, 1.807) is 24.3 Å². The van der Waals surface area contributed by atoms with Gasteiger partial charge in [-0.25, -0.2) is 0 Å². The molecule has 0 fully saturated rings. The minimum Gasteiger partial charge on any atom is -0.495 e. The monoisotopic (exact) mass is 423 g/mol. The Hall–Kier alpha value is -2.81. The summed E-state index contributed by atoms with van der Waals surface area (Å²) in [6.45, 7) is 0.838. The minimum absolute atomic E-state index is 0.0296. The molecular formula is C17H18BrN3O5. The summed E-state index contributed by atoms with van der Waals surface area (Å²) in [5.74, 6) is 0.733. The van der Waals surface area contributed by atoms with Gasteiger partial charge in [-0.3, -0.25) is 14.9 Å². The van der Waals surface area contributed by atoms with Gasteiger partial charge in [0.2, 0.25) is 0 Å². The molecule has 0 atom stereocenters. The van der Waals surface area contributed by atoms with Gasteiger partial charge in [-0.15, -0.1) is 0 Å². The Kier molecular flexibility index (Phi) is 6.79. The van der Waals surface area contributed by atoms with Crippen LogP contribution in [-0.2, 0) is 0 Å². The zero-order valence-corrected chi connectivity index (χ0v) is 15.8. The second kappa shape index (κ2) is 9.04. The Morgan fingerprint density at radius 2 is 1.69 bits per heavy atom. The molecule has 0 aliphatic heterocycles. The largest absolute Gasteiger partial charge is 0.495 e. The molecule has 2 rings (SSSR count). The Balaban J connectivity index is 1.89. The van der Waals surface area contributed by atoms with Crippen molar-refractivity contribution in [3.05, 3.63) is 56.5 Å². The number of rotatable bonds is 8. The first-order chi connectivity index (χ1) is 12.5. The summed E-state index contributed by atoms with van der Waals surface area (Å²) in [6.07, 6.45) is 0. The van der Waals surface area contributed by atoms with Gasteiger partial charge in [0.15, 0.2) is 0 Å². The Morgan fingerprint density at radius 3 is 2.19 bits per heavy atom. The van der Waals surface area contributed by atoms with E-state index in [4.69, 9.17) is 9.47 Å². The van der Waals surface area contributed by atoms with Crippen molar-refractivity contribution < 1.29 is 19.2 Å². The van der Waals surface area contributed by atoms with Crippen LogP contribution in [0.1, 0.15) is 10.4 Å². The smallest absolute Gasteiger partial charge is 0.269 e. The Morgan fingerprint density at radius 1 is 1.12 bits per heavy atom. The average molecular weight is 424 g/mol. The van der Waals surface area contributed by atoms with Crippen LogP contribution in [-0.4, -0.2) is 38.1 Å². The van der Waals surface area contributed by atoms with Gasteiger partial charge in [0.25, 0.3) is 11.6 Å². The highest BCUT2D eigenvalue weighted by atomic mass is 79.9.